The van der Waals surface area contributed by atoms with Crippen LogP contribution in [0.1, 0.15) is 42.4 Å². The molecule has 0 bridgehead atoms. The predicted octanol–water partition coefficient (Wildman–Crippen LogP) is 4.66. The first-order chi connectivity index (χ1) is 12.7. The van der Waals surface area contributed by atoms with Crippen molar-refractivity contribution in [1.82, 2.24) is 15.5 Å². The molecule has 1 aromatic heterocycles. The molecule has 0 aliphatic heterocycles. The summed E-state index contributed by atoms with van der Waals surface area (Å²) in [6.45, 7) is 5.18. The van der Waals surface area contributed by atoms with Gasteiger partial charge in [0.05, 0.1) is 17.8 Å². The highest BCUT2D eigenvalue weighted by atomic mass is 16.5. The first kappa shape index (κ1) is 17.1. The zero-order chi connectivity index (χ0) is 17.9. The predicted molar refractivity (Wildman–Crippen MR) is 106 cm³/mol. The van der Waals surface area contributed by atoms with Gasteiger partial charge in [0.25, 0.3) is 0 Å². The Hall–Kier alpha value is -2.33. The standard InChI is InChI=1S/C22H27N3O/c1-15-12-21(16(2)20-14-24-25-22(15)20)26-19-10-8-18(9-11-19)23-13-17-6-4-3-5-7-17/h3-7,12,14,18-19,23H,8-11,13H2,1-2H3,(H,24,25)/t18-,19+. The van der Waals surface area contributed by atoms with Crippen molar-refractivity contribution in [2.75, 3.05) is 0 Å². The first-order valence-electron chi connectivity index (χ1n) is 9.58. The van der Waals surface area contributed by atoms with Gasteiger partial charge in [-0.1, -0.05) is 30.3 Å². The lowest BCUT2D eigenvalue weighted by molar-refractivity contribution is 0.138. The summed E-state index contributed by atoms with van der Waals surface area (Å²) in [5, 5.41) is 12.1. The van der Waals surface area contributed by atoms with E-state index in [2.05, 4.69) is 65.8 Å². The summed E-state index contributed by atoms with van der Waals surface area (Å²) in [6, 6.07) is 13.4. The fourth-order valence-corrected chi connectivity index (χ4v) is 3.93. The Morgan fingerprint density at radius 3 is 2.65 bits per heavy atom. The van der Waals surface area contributed by atoms with E-state index in [1.165, 1.54) is 34.9 Å². The van der Waals surface area contributed by atoms with E-state index in [9.17, 15) is 0 Å². The van der Waals surface area contributed by atoms with Gasteiger partial charge in [0.2, 0.25) is 0 Å². The molecule has 2 aromatic carbocycles. The number of nitrogens with one attached hydrogen (secondary N) is 2. The molecule has 0 unspecified atom stereocenters. The molecule has 3 aromatic rings. The summed E-state index contributed by atoms with van der Waals surface area (Å²) < 4.78 is 6.39. The molecule has 0 amide bonds. The number of ether oxygens (including phenoxy) is 1. The molecule has 0 spiro atoms. The normalized spacial score (nSPS) is 20.4. The number of aryl methyl sites for hydroxylation is 2. The Kier molecular flexibility index (Phi) is 4.93. The molecular formula is C22H27N3O. The maximum Gasteiger partial charge on any atom is 0.123 e. The largest absolute Gasteiger partial charge is 0.490 e. The van der Waals surface area contributed by atoms with Crippen LogP contribution >= 0.6 is 0 Å². The average Bonchev–Trinajstić information content (AvgIpc) is 3.17. The highest BCUT2D eigenvalue weighted by Crippen LogP contribution is 2.32. The number of hydrogen-bond acceptors (Lipinski definition) is 3. The lowest BCUT2D eigenvalue weighted by atomic mass is 9.92. The fourth-order valence-electron chi connectivity index (χ4n) is 3.93. The number of hydrogen-bond donors (Lipinski definition) is 2. The topological polar surface area (TPSA) is 49.9 Å². The lowest BCUT2D eigenvalue weighted by Crippen LogP contribution is -2.36. The summed E-state index contributed by atoms with van der Waals surface area (Å²) >= 11 is 0. The van der Waals surface area contributed by atoms with E-state index in [4.69, 9.17) is 4.74 Å². The van der Waals surface area contributed by atoms with Crippen LogP contribution in [0.15, 0.2) is 42.6 Å². The third kappa shape index (κ3) is 3.61. The minimum absolute atomic E-state index is 0.312. The van der Waals surface area contributed by atoms with Gasteiger partial charge in [0.15, 0.2) is 0 Å². The molecule has 1 heterocycles. The molecular weight excluding hydrogens is 322 g/mol. The average molecular weight is 349 g/mol. The second kappa shape index (κ2) is 7.50. The molecule has 136 valence electrons. The van der Waals surface area contributed by atoms with Crippen molar-refractivity contribution in [1.29, 1.82) is 0 Å². The smallest absolute Gasteiger partial charge is 0.123 e. The Morgan fingerprint density at radius 2 is 1.88 bits per heavy atom. The van der Waals surface area contributed by atoms with Crippen LogP contribution < -0.4 is 10.1 Å². The SMILES string of the molecule is Cc1c(O[C@H]2CC[C@@H](NCc3ccccc3)CC2)cc(C)c2[nH]ncc12. The first-order valence-corrected chi connectivity index (χ1v) is 9.58. The maximum absolute atomic E-state index is 6.39. The molecule has 26 heavy (non-hydrogen) atoms. The van der Waals surface area contributed by atoms with Crippen molar-refractivity contribution in [3.63, 3.8) is 0 Å². The van der Waals surface area contributed by atoms with Gasteiger partial charge in [-0.15, -0.1) is 0 Å². The van der Waals surface area contributed by atoms with Crippen molar-refractivity contribution < 1.29 is 4.74 Å². The van der Waals surface area contributed by atoms with Crippen LogP contribution in [0.25, 0.3) is 10.9 Å². The van der Waals surface area contributed by atoms with E-state index in [0.717, 1.165) is 30.7 Å². The number of aromatic nitrogens is 2. The van der Waals surface area contributed by atoms with E-state index in [-0.39, 0.29) is 0 Å². The van der Waals surface area contributed by atoms with Gasteiger partial charge in [0, 0.05) is 23.5 Å². The third-order valence-corrected chi connectivity index (χ3v) is 5.56. The van der Waals surface area contributed by atoms with E-state index >= 15 is 0 Å². The van der Waals surface area contributed by atoms with Crippen LogP contribution in [0, 0.1) is 13.8 Å². The Morgan fingerprint density at radius 1 is 1.12 bits per heavy atom. The number of fused-ring (bicyclic) bond motifs is 1. The molecule has 4 nitrogen and oxygen atoms in total. The molecule has 0 saturated heterocycles. The van der Waals surface area contributed by atoms with E-state index in [0.29, 0.717) is 12.1 Å². The third-order valence-electron chi connectivity index (χ3n) is 5.56. The molecule has 1 fully saturated rings. The number of nitrogens with zero attached hydrogens (tertiary/aromatic N) is 1. The highest BCUT2D eigenvalue weighted by molar-refractivity contribution is 5.86. The Labute approximate surface area is 155 Å². The van der Waals surface area contributed by atoms with Gasteiger partial charge in [-0.25, -0.2) is 0 Å². The van der Waals surface area contributed by atoms with Crippen LogP contribution in [0.4, 0.5) is 0 Å². The van der Waals surface area contributed by atoms with Gasteiger partial charge in [-0.05, 0) is 56.7 Å². The lowest BCUT2D eigenvalue weighted by Gasteiger charge is -2.30. The van der Waals surface area contributed by atoms with Crippen LogP contribution in [-0.4, -0.2) is 22.3 Å². The molecule has 4 heteroatoms. The Bertz CT molecular complexity index is 864. The number of rotatable bonds is 5. The Balaban J connectivity index is 1.33. The molecule has 1 saturated carbocycles. The zero-order valence-electron chi connectivity index (χ0n) is 15.6. The molecule has 1 aliphatic carbocycles. The number of benzene rings is 2. The van der Waals surface area contributed by atoms with Gasteiger partial charge < -0.3 is 10.1 Å². The molecule has 1 aliphatic rings. The summed E-state index contributed by atoms with van der Waals surface area (Å²) in [5.41, 5.74) is 4.84. The molecule has 2 N–H and O–H groups in total. The second-order valence-electron chi connectivity index (χ2n) is 7.43. The van der Waals surface area contributed by atoms with Crippen molar-refractivity contribution >= 4 is 10.9 Å². The van der Waals surface area contributed by atoms with Crippen molar-refractivity contribution in [3.05, 3.63) is 59.3 Å². The van der Waals surface area contributed by atoms with Crippen LogP contribution in [-0.2, 0) is 6.54 Å². The van der Waals surface area contributed by atoms with Crippen molar-refractivity contribution in [3.8, 4) is 5.75 Å². The van der Waals surface area contributed by atoms with Crippen molar-refractivity contribution in [2.24, 2.45) is 0 Å². The van der Waals surface area contributed by atoms with Gasteiger partial charge >= 0.3 is 0 Å². The second-order valence-corrected chi connectivity index (χ2v) is 7.43. The highest BCUT2D eigenvalue weighted by Gasteiger charge is 2.23. The number of aromatic amines is 1. The maximum atomic E-state index is 6.39. The van der Waals surface area contributed by atoms with Gasteiger partial charge in [-0.3, -0.25) is 5.10 Å². The molecule has 4 rings (SSSR count). The summed E-state index contributed by atoms with van der Waals surface area (Å²) in [5.74, 6) is 1.01. The molecule has 0 radical (unpaired) electrons. The summed E-state index contributed by atoms with van der Waals surface area (Å²) in [6.07, 6.45) is 6.76. The minimum Gasteiger partial charge on any atom is -0.490 e. The fraction of sp³-hybridized carbons (Fsp3) is 0.409. The minimum atomic E-state index is 0.312. The van der Waals surface area contributed by atoms with Crippen LogP contribution in [0.2, 0.25) is 0 Å². The zero-order valence-corrected chi connectivity index (χ0v) is 15.6. The van der Waals surface area contributed by atoms with Crippen LogP contribution in [0.3, 0.4) is 0 Å². The van der Waals surface area contributed by atoms with E-state index in [1.807, 2.05) is 6.20 Å². The van der Waals surface area contributed by atoms with Gasteiger partial charge in [0.1, 0.15) is 5.75 Å². The van der Waals surface area contributed by atoms with Crippen molar-refractivity contribution in [2.45, 2.75) is 58.2 Å². The van der Waals surface area contributed by atoms with E-state index in [1.54, 1.807) is 0 Å². The van der Waals surface area contributed by atoms with Gasteiger partial charge in [-0.2, -0.15) is 5.10 Å². The molecule has 0 atom stereocenters. The summed E-state index contributed by atoms with van der Waals surface area (Å²) in [7, 11) is 0. The monoisotopic (exact) mass is 349 g/mol. The van der Waals surface area contributed by atoms with E-state index < -0.39 is 0 Å². The quantitative estimate of drug-likeness (QED) is 0.704. The van der Waals surface area contributed by atoms with Crippen LogP contribution in [0.5, 0.6) is 5.75 Å². The number of H-pyrrole nitrogens is 1. The summed E-state index contributed by atoms with van der Waals surface area (Å²) in [4.78, 5) is 0.